The fraction of sp³-hybridized carbons (Fsp3) is 0.0833. The van der Waals surface area contributed by atoms with Gasteiger partial charge in [0.1, 0.15) is 12.1 Å². The van der Waals surface area contributed by atoms with Crippen molar-refractivity contribution in [3.63, 3.8) is 0 Å². The number of hydrogen-bond acceptors (Lipinski definition) is 4. The number of amides is 2. The van der Waals surface area contributed by atoms with E-state index in [9.17, 15) is 18.0 Å². The highest BCUT2D eigenvalue weighted by Crippen LogP contribution is 2.26. The summed E-state index contributed by atoms with van der Waals surface area (Å²) in [5, 5.41) is 10.4. The molecule has 0 aliphatic carbocycles. The average molecular weight is 547 g/mol. The number of halogens is 4. The summed E-state index contributed by atoms with van der Waals surface area (Å²) < 4.78 is 42.3. The molecule has 0 aliphatic heterocycles. The normalized spacial score (nSPS) is 11.8. The number of nitrogens with one attached hydrogen (secondary N) is 2. The molecule has 4 rings (SSSR count). The van der Waals surface area contributed by atoms with Crippen LogP contribution in [-0.4, -0.2) is 32.3 Å². The van der Waals surface area contributed by atoms with Crippen LogP contribution in [0.15, 0.2) is 78.0 Å². The van der Waals surface area contributed by atoms with Gasteiger partial charge in [0, 0.05) is 11.3 Å². The van der Waals surface area contributed by atoms with Crippen molar-refractivity contribution in [3.8, 4) is 22.8 Å². The summed E-state index contributed by atoms with van der Waals surface area (Å²) in [6, 6.07) is 16.7. The number of thiol groups is 1. The standard InChI is InChI=1S/C24H18ClF3N6O2S/c1-14-3-2-4-19(25)20(14)31-23(37)32-22(35)30-16-7-5-15(6-8-16)21-29-13-34(33-21)17-9-11-18(12-10-17)36-24(26,27)28/h2-13H,1H3,(H3,30,31,32,35,37). The maximum absolute atomic E-state index is 12.3. The molecule has 0 spiro atoms. The number of para-hydroxylation sites is 1. The summed E-state index contributed by atoms with van der Waals surface area (Å²) in [4.78, 5) is 20.4. The molecular weight excluding hydrogens is 529 g/mol. The van der Waals surface area contributed by atoms with E-state index >= 15 is 0 Å². The van der Waals surface area contributed by atoms with E-state index in [-0.39, 0.29) is 10.9 Å². The van der Waals surface area contributed by atoms with Crippen LogP contribution in [0.3, 0.4) is 0 Å². The lowest BCUT2D eigenvalue weighted by Crippen LogP contribution is -2.17. The number of amidine groups is 1. The number of nitrogens with zero attached hydrogens (tertiary/aromatic N) is 4. The molecule has 4 aromatic rings. The Kier molecular flexibility index (Phi) is 7.69. The lowest BCUT2D eigenvalue weighted by molar-refractivity contribution is -0.274. The number of alkyl halides is 3. The van der Waals surface area contributed by atoms with E-state index < -0.39 is 12.4 Å². The Labute approximate surface area is 219 Å². The molecule has 2 amide bonds. The van der Waals surface area contributed by atoms with Gasteiger partial charge in [-0.2, -0.15) is 4.99 Å². The molecule has 8 nitrogen and oxygen atoms in total. The molecule has 3 aromatic carbocycles. The van der Waals surface area contributed by atoms with Gasteiger partial charge in [-0.3, -0.25) is 0 Å². The predicted octanol–water partition coefficient (Wildman–Crippen LogP) is 6.72. The molecule has 0 bridgehead atoms. The molecule has 0 saturated carbocycles. The first-order valence-corrected chi connectivity index (χ1v) is 11.4. The molecule has 190 valence electrons. The van der Waals surface area contributed by atoms with Crippen molar-refractivity contribution in [2.75, 3.05) is 10.6 Å². The fourth-order valence-corrected chi connectivity index (χ4v) is 3.67. The zero-order valence-corrected chi connectivity index (χ0v) is 20.6. The van der Waals surface area contributed by atoms with Gasteiger partial charge in [0.15, 0.2) is 11.0 Å². The van der Waals surface area contributed by atoms with Crippen LogP contribution in [0.5, 0.6) is 5.75 Å². The lowest BCUT2D eigenvalue weighted by Gasteiger charge is -2.10. The topological polar surface area (TPSA) is 93.4 Å². The smallest absolute Gasteiger partial charge is 0.406 e. The van der Waals surface area contributed by atoms with Crippen molar-refractivity contribution < 1.29 is 22.7 Å². The molecule has 1 aromatic heterocycles. The summed E-state index contributed by atoms with van der Waals surface area (Å²) in [5.74, 6) is 0.0434. The number of hydrogen-bond donors (Lipinski definition) is 3. The van der Waals surface area contributed by atoms with Gasteiger partial charge in [-0.1, -0.05) is 23.7 Å². The first-order valence-electron chi connectivity index (χ1n) is 10.6. The molecular formula is C24H18ClF3N6O2S. The van der Waals surface area contributed by atoms with E-state index in [1.165, 1.54) is 35.3 Å². The predicted molar refractivity (Wildman–Crippen MR) is 139 cm³/mol. The largest absolute Gasteiger partial charge is 0.573 e. The van der Waals surface area contributed by atoms with Crippen molar-refractivity contribution in [2.24, 2.45) is 4.99 Å². The molecule has 37 heavy (non-hydrogen) atoms. The highest BCUT2D eigenvalue weighted by atomic mass is 35.5. The summed E-state index contributed by atoms with van der Waals surface area (Å²) >= 11 is 10.4. The number of ether oxygens (including phenoxy) is 1. The van der Waals surface area contributed by atoms with E-state index in [0.717, 1.165) is 5.56 Å². The Morgan fingerprint density at radius 2 is 1.76 bits per heavy atom. The number of carbonyl (C=O) groups excluding carboxylic acids is 1. The Balaban J connectivity index is 1.38. The van der Waals surface area contributed by atoms with Crippen molar-refractivity contribution in [3.05, 3.63) is 83.6 Å². The Morgan fingerprint density at radius 1 is 1.05 bits per heavy atom. The number of aromatic nitrogens is 3. The fourth-order valence-electron chi connectivity index (χ4n) is 3.20. The third-order valence-electron chi connectivity index (χ3n) is 4.89. The highest BCUT2D eigenvalue weighted by molar-refractivity contribution is 7.97. The van der Waals surface area contributed by atoms with Crippen LogP contribution in [0.1, 0.15) is 5.56 Å². The molecule has 0 fully saturated rings. The Hall–Kier alpha value is -4.03. The minimum absolute atomic E-state index is 0.0676. The van der Waals surface area contributed by atoms with Crippen molar-refractivity contribution in [1.82, 2.24) is 14.8 Å². The van der Waals surface area contributed by atoms with Crippen LogP contribution >= 0.6 is 24.2 Å². The number of aryl methyl sites for hydroxylation is 1. The van der Waals surface area contributed by atoms with E-state index in [1.54, 1.807) is 30.3 Å². The molecule has 2 N–H and O–H groups in total. The second kappa shape index (κ2) is 10.9. The molecule has 0 aliphatic rings. The first kappa shape index (κ1) is 26.0. The zero-order chi connectivity index (χ0) is 26.6. The Bertz CT molecular complexity index is 1420. The molecule has 0 saturated heterocycles. The number of carbonyl (C=O) groups is 1. The van der Waals surface area contributed by atoms with E-state index in [2.05, 4.69) is 43.1 Å². The SMILES string of the molecule is Cc1cccc(Cl)c1N/C(S)=N/C(=O)Nc1ccc(-c2ncn(-c3ccc(OC(F)(F)F)cc3)n2)cc1. The maximum atomic E-state index is 12.3. The minimum atomic E-state index is -4.76. The van der Waals surface area contributed by atoms with Crippen LogP contribution in [0, 0.1) is 6.92 Å². The van der Waals surface area contributed by atoms with Crippen molar-refractivity contribution in [1.29, 1.82) is 0 Å². The number of urea groups is 1. The van der Waals surface area contributed by atoms with Crippen LogP contribution in [0.2, 0.25) is 5.02 Å². The monoisotopic (exact) mass is 546 g/mol. The number of rotatable bonds is 5. The lowest BCUT2D eigenvalue weighted by atomic mass is 10.2. The van der Waals surface area contributed by atoms with E-state index in [1.807, 2.05) is 19.1 Å². The summed E-state index contributed by atoms with van der Waals surface area (Å²) in [7, 11) is 0. The van der Waals surface area contributed by atoms with E-state index in [4.69, 9.17) is 11.6 Å². The highest BCUT2D eigenvalue weighted by Gasteiger charge is 2.31. The molecule has 13 heteroatoms. The van der Waals surface area contributed by atoms with Crippen molar-refractivity contribution >= 4 is 46.8 Å². The maximum Gasteiger partial charge on any atom is 0.573 e. The van der Waals surface area contributed by atoms with Crippen LogP contribution in [-0.2, 0) is 0 Å². The van der Waals surface area contributed by atoms with Gasteiger partial charge in [0.2, 0.25) is 0 Å². The van der Waals surface area contributed by atoms with Gasteiger partial charge < -0.3 is 15.4 Å². The Morgan fingerprint density at radius 3 is 2.41 bits per heavy atom. The number of benzene rings is 3. The van der Waals surface area contributed by atoms with Crippen LogP contribution < -0.4 is 15.4 Å². The molecule has 0 radical (unpaired) electrons. The first-order chi connectivity index (χ1) is 17.6. The molecule has 1 heterocycles. The summed E-state index contributed by atoms with van der Waals surface area (Å²) in [6.07, 6.45) is -3.33. The second-order valence-electron chi connectivity index (χ2n) is 7.55. The third-order valence-corrected chi connectivity index (χ3v) is 5.41. The summed E-state index contributed by atoms with van der Waals surface area (Å²) in [5.41, 5.74) is 3.11. The average Bonchev–Trinajstić information content (AvgIpc) is 3.32. The zero-order valence-electron chi connectivity index (χ0n) is 19.0. The van der Waals surface area contributed by atoms with Gasteiger partial charge in [-0.25, -0.2) is 14.5 Å². The van der Waals surface area contributed by atoms with Crippen molar-refractivity contribution in [2.45, 2.75) is 13.3 Å². The second-order valence-corrected chi connectivity index (χ2v) is 8.38. The summed E-state index contributed by atoms with van der Waals surface area (Å²) in [6.45, 7) is 1.86. The van der Waals surface area contributed by atoms with Crippen LogP contribution in [0.4, 0.5) is 29.3 Å². The van der Waals surface area contributed by atoms with Gasteiger partial charge in [-0.15, -0.1) is 30.9 Å². The minimum Gasteiger partial charge on any atom is -0.406 e. The van der Waals surface area contributed by atoms with Gasteiger partial charge >= 0.3 is 12.4 Å². The van der Waals surface area contributed by atoms with Crippen LogP contribution in [0.25, 0.3) is 17.1 Å². The van der Waals surface area contributed by atoms with E-state index in [0.29, 0.717) is 33.5 Å². The van der Waals surface area contributed by atoms with Gasteiger partial charge in [-0.05, 0) is 67.1 Å². The van der Waals surface area contributed by atoms with Gasteiger partial charge in [0.25, 0.3) is 0 Å². The molecule has 0 unspecified atom stereocenters. The quantitative estimate of drug-likeness (QED) is 0.147. The number of anilines is 2. The molecule has 0 atom stereocenters. The van der Waals surface area contributed by atoms with Gasteiger partial charge in [0.05, 0.1) is 16.4 Å². The number of aliphatic imine (C=N–C) groups is 1. The third kappa shape index (κ3) is 7.02.